The van der Waals surface area contributed by atoms with Gasteiger partial charge in [0.05, 0.1) is 5.92 Å². The predicted molar refractivity (Wildman–Crippen MR) is 86.7 cm³/mol. The van der Waals surface area contributed by atoms with Crippen LogP contribution in [0.25, 0.3) is 0 Å². The normalized spacial score (nSPS) is 21.5. The molecule has 1 saturated carbocycles. The summed E-state index contributed by atoms with van der Waals surface area (Å²) in [7, 11) is 0. The van der Waals surface area contributed by atoms with E-state index in [0.29, 0.717) is 19.3 Å². The van der Waals surface area contributed by atoms with E-state index in [4.69, 9.17) is 0 Å². The lowest BCUT2D eigenvalue weighted by atomic mass is 9.75. The molecule has 2 aromatic carbocycles. The number of rotatable bonds is 4. The summed E-state index contributed by atoms with van der Waals surface area (Å²) < 4.78 is 0. The Morgan fingerprint density at radius 1 is 0.909 bits per heavy atom. The van der Waals surface area contributed by atoms with E-state index >= 15 is 0 Å². The molecule has 1 fully saturated rings. The maximum atomic E-state index is 12.4. The Bertz CT molecular complexity index is 646. The van der Waals surface area contributed by atoms with E-state index in [9.17, 15) is 9.59 Å². The Morgan fingerprint density at radius 3 is 2.18 bits per heavy atom. The number of carbonyl (C=O) groups excluding carboxylic acids is 2. The van der Waals surface area contributed by atoms with Crippen molar-refractivity contribution in [2.75, 3.05) is 0 Å². The van der Waals surface area contributed by atoms with Gasteiger partial charge in [-0.2, -0.15) is 0 Å². The van der Waals surface area contributed by atoms with Crippen LogP contribution in [0.5, 0.6) is 0 Å². The number of hydrogen-bond donors (Lipinski definition) is 0. The molecule has 0 aromatic heterocycles. The SMILES string of the molecule is O=C(Cc1ccccc1)C1CCC(c2ccccc2)CC1=O. The van der Waals surface area contributed by atoms with Crippen molar-refractivity contribution in [2.45, 2.75) is 31.6 Å². The fourth-order valence-corrected chi connectivity index (χ4v) is 3.29. The van der Waals surface area contributed by atoms with Crippen LogP contribution >= 0.6 is 0 Å². The predicted octanol–water partition coefficient (Wildman–Crippen LogP) is 3.95. The second kappa shape index (κ2) is 6.69. The minimum absolute atomic E-state index is 0.0720. The highest BCUT2D eigenvalue weighted by molar-refractivity contribution is 6.03. The van der Waals surface area contributed by atoms with Crippen LogP contribution in [0.2, 0.25) is 0 Å². The first-order valence-corrected chi connectivity index (χ1v) is 7.88. The van der Waals surface area contributed by atoms with Gasteiger partial charge in [0.2, 0.25) is 0 Å². The van der Waals surface area contributed by atoms with Crippen LogP contribution in [0.1, 0.15) is 36.3 Å². The van der Waals surface area contributed by atoms with Gasteiger partial charge in [-0.1, -0.05) is 60.7 Å². The van der Waals surface area contributed by atoms with Gasteiger partial charge in [-0.15, -0.1) is 0 Å². The molecular weight excluding hydrogens is 272 g/mol. The number of Topliss-reactive ketones (excluding diaryl/α,β-unsaturated/α-hetero) is 2. The zero-order valence-electron chi connectivity index (χ0n) is 12.6. The second-order valence-corrected chi connectivity index (χ2v) is 6.04. The number of carbonyl (C=O) groups is 2. The third-order valence-corrected chi connectivity index (χ3v) is 4.52. The van der Waals surface area contributed by atoms with E-state index in [1.807, 2.05) is 48.5 Å². The maximum Gasteiger partial charge on any atom is 0.147 e. The highest BCUT2D eigenvalue weighted by Crippen LogP contribution is 2.34. The topological polar surface area (TPSA) is 34.1 Å². The zero-order chi connectivity index (χ0) is 15.4. The van der Waals surface area contributed by atoms with Crippen LogP contribution in [0.3, 0.4) is 0 Å². The van der Waals surface area contributed by atoms with Gasteiger partial charge in [0.1, 0.15) is 11.6 Å². The molecule has 0 radical (unpaired) electrons. The molecule has 2 nitrogen and oxygen atoms in total. The van der Waals surface area contributed by atoms with Crippen LogP contribution in [0.4, 0.5) is 0 Å². The van der Waals surface area contributed by atoms with Gasteiger partial charge < -0.3 is 0 Å². The number of ketones is 2. The van der Waals surface area contributed by atoms with Crippen LogP contribution in [-0.2, 0) is 16.0 Å². The van der Waals surface area contributed by atoms with Gasteiger partial charge in [-0.05, 0) is 29.9 Å². The molecule has 1 aliphatic rings. The van der Waals surface area contributed by atoms with Crippen molar-refractivity contribution < 1.29 is 9.59 Å². The molecule has 2 heteroatoms. The van der Waals surface area contributed by atoms with E-state index in [0.717, 1.165) is 12.0 Å². The average Bonchev–Trinajstić information content (AvgIpc) is 2.56. The summed E-state index contributed by atoms with van der Waals surface area (Å²) in [5, 5.41) is 0. The molecule has 0 bridgehead atoms. The summed E-state index contributed by atoms with van der Waals surface area (Å²) >= 11 is 0. The van der Waals surface area contributed by atoms with E-state index < -0.39 is 5.92 Å². The summed E-state index contributed by atoms with van der Waals surface area (Å²) in [5.74, 6) is 0.0541. The largest absolute Gasteiger partial charge is 0.299 e. The van der Waals surface area contributed by atoms with Gasteiger partial charge in [-0.3, -0.25) is 9.59 Å². The van der Waals surface area contributed by atoms with E-state index in [2.05, 4.69) is 12.1 Å². The molecule has 0 spiro atoms. The molecular formula is C20H20O2. The van der Waals surface area contributed by atoms with Gasteiger partial charge in [0.15, 0.2) is 0 Å². The van der Waals surface area contributed by atoms with E-state index in [1.165, 1.54) is 5.56 Å². The maximum absolute atomic E-state index is 12.4. The molecule has 112 valence electrons. The monoisotopic (exact) mass is 292 g/mol. The van der Waals surface area contributed by atoms with Crippen LogP contribution in [0.15, 0.2) is 60.7 Å². The summed E-state index contributed by atoms with van der Waals surface area (Å²) in [6, 6.07) is 19.8. The Hall–Kier alpha value is -2.22. The van der Waals surface area contributed by atoms with Crippen molar-refractivity contribution in [3.05, 3.63) is 71.8 Å². The van der Waals surface area contributed by atoms with Gasteiger partial charge in [0, 0.05) is 12.8 Å². The standard InChI is InChI=1S/C20H20O2/c21-19(13-15-7-3-1-4-8-15)18-12-11-17(14-20(18)22)16-9-5-2-6-10-16/h1-10,17-18H,11-14H2. The summed E-state index contributed by atoms with van der Waals surface area (Å²) in [5.41, 5.74) is 2.20. The molecule has 0 N–H and O–H groups in total. The molecule has 2 atom stereocenters. The van der Waals surface area contributed by atoms with Gasteiger partial charge in [-0.25, -0.2) is 0 Å². The Balaban J connectivity index is 1.63. The van der Waals surface area contributed by atoms with Crippen molar-refractivity contribution in [1.29, 1.82) is 0 Å². The van der Waals surface area contributed by atoms with Crippen molar-refractivity contribution >= 4 is 11.6 Å². The molecule has 0 amide bonds. The third-order valence-electron chi connectivity index (χ3n) is 4.52. The van der Waals surface area contributed by atoms with Crippen molar-refractivity contribution in [2.24, 2.45) is 5.92 Å². The first-order chi connectivity index (χ1) is 10.7. The number of benzene rings is 2. The van der Waals surface area contributed by atoms with Gasteiger partial charge >= 0.3 is 0 Å². The van der Waals surface area contributed by atoms with Gasteiger partial charge in [0.25, 0.3) is 0 Å². The van der Waals surface area contributed by atoms with Crippen molar-refractivity contribution in [3.63, 3.8) is 0 Å². The molecule has 0 aliphatic heterocycles. The van der Waals surface area contributed by atoms with E-state index in [1.54, 1.807) is 0 Å². The molecule has 22 heavy (non-hydrogen) atoms. The molecule has 0 saturated heterocycles. The summed E-state index contributed by atoms with van der Waals surface area (Å²) in [6.45, 7) is 0. The lowest BCUT2D eigenvalue weighted by Crippen LogP contribution is -2.31. The Morgan fingerprint density at radius 2 is 1.55 bits per heavy atom. The lowest BCUT2D eigenvalue weighted by molar-refractivity contribution is -0.134. The quantitative estimate of drug-likeness (QED) is 0.800. The van der Waals surface area contributed by atoms with Crippen molar-refractivity contribution in [1.82, 2.24) is 0 Å². The fourth-order valence-electron chi connectivity index (χ4n) is 3.29. The van der Waals surface area contributed by atoms with Crippen LogP contribution < -0.4 is 0 Å². The molecule has 3 rings (SSSR count). The lowest BCUT2D eigenvalue weighted by Gasteiger charge is -2.27. The fraction of sp³-hybridized carbons (Fsp3) is 0.300. The second-order valence-electron chi connectivity index (χ2n) is 6.04. The highest BCUT2D eigenvalue weighted by atomic mass is 16.1. The zero-order valence-corrected chi connectivity index (χ0v) is 12.6. The van der Waals surface area contributed by atoms with Crippen molar-refractivity contribution in [3.8, 4) is 0 Å². The Labute approximate surface area is 131 Å². The molecule has 2 unspecified atom stereocenters. The minimum atomic E-state index is -0.403. The molecule has 0 heterocycles. The smallest absolute Gasteiger partial charge is 0.147 e. The number of hydrogen-bond acceptors (Lipinski definition) is 2. The van der Waals surface area contributed by atoms with E-state index in [-0.39, 0.29) is 17.5 Å². The summed E-state index contributed by atoms with van der Waals surface area (Å²) in [6.07, 6.45) is 2.47. The summed E-state index contributed by atoms with van der Waals surface area (Å²) in [4.78, 5) is 24.8. The highest BCUT2D eigenvalue weighted by Gasteiger charge is 2.33. The molecule has 1 aliphatic carbocycles. The third kappa shape index (κ3) is 3.33. The first kappa shape index (κ1) is 14.7. The minimum Gasteiger partial charge on any atom is -0.299 e. The molecule has 2 aromatic rings. The first-order valence-electron chi connectivity index (χ1n) is 7.88. The average molecular weight is 292 g/mol. The van der Waals surface area contributed by atoms with Crippen LogP contribution in [-0.4, -0.2) is 11.6 Å². The Kier molecular flexibility index (Phi) is 4.47. The van der Waals surface area contributed by atoms with Crippen LogP contribution in [0, 0.1) is 5.92 Å².